The van der Waals surface area contributed by atoms with Gasteiger partial charge in [-0.25, -0.2) is 4.39 Å². The number of carbonyl (C=O) groups excluding carboxylic acids is 2. The van der Waals surface area contributed by atoms with Crippen LogP contribution < -0.4 is 10.4 Å². The van der Waals surface area contributed by atoms with Gasteiger partial charge >= 0.3 is 7.12 Å². The number of allylic oxidation sites excluding steroid dienone is 1. The summed E-state index contributed by atoms with van der Waals surface area (Å²) in [6.07, 6.45) is 9.84. The highest BCUT2D eigenvalue weighted by molar-refractivity contribution is 6.99. The standard InChI is InChI=1S/C46H57BFNO6Si/c1-5-15-31(26-32-22-24-40(50)39(48)27-32)23-25-41-42-33(30-54-56(46(2,3)4,35-18-11-7-12-19-35)36-20-13-8-14-21-36)28-37-43(38(42)29-47(53)55-41)45(52)49(44(37)51)34-16-9-6-10-17-34/h7-8,11-14,18-22,24,26-27,34,37-38,41,43,50,53H,5-6,9-10,15-17,23,25,28-30H2,1-4H3/b31-26+/t37-,38+,41-,43-/m1/s1. The van der Waals surface area contributed by atoms with Crippen LogP contribution in [0.4, 0.5) is 4.39 Å². The highest BCUT2D eigenvalue weighted by Gasteiger charge is 2.59. The zero-order chi connectivity index (χ0) is 39.6. The van der Waals surface area contributed by atoms with Crippen LogP contribution in [0, 0.1) is 23.6 Å². The van der Waals surface area contributed by atoms with E-state index >= 15 is 0 Å². The molecule has 2 aliphatic heterocycles. The first-order valence-electron chi connectivity index (χ1n) is 20.8. The molecule has 7 rings (SSSR count). The summed E-state index contributed by atoms with van der Waals surface area (Å²) in [6.45, 7) is 9.15. The summed E-state index contributed by atoms with van der Waals surface area (Å²) < 4.78 is 28.3. The monoisotopic (exact) mass is 777 g/mol. The minimum absolute atomic E-state index is 0.0679. The molecule has 0 spiro atoms. The van der Waals surface area contributed by atoms with E-state index in [1.807, 2.05) is 18.2 Å². The van der Waals surface area contributed by atoms with Gasteiger partial charge in [-0.2, -0.15) is 0 Å². The Balaban J connectivity index is 1.29. The molecule has 3 fully saturated rings. The van der Waals surface area contributed by atoms with E-state index in [0.717, 1.165) is 72.0 Å². The Hall–Kier alpha value is -3.83. The fraction of sp³-hybridized carbons (Fsp3) is 0.478. The summed E-state index contributed by atoms with van der Waals surface area (Å²) in [5.41, 5.74) is 3.79. The lowest BCUT2D eigenvalue weighted by Gasteiger charge is -2.46. The fourth-order valence-corrected chi connectivity index (χ4v) is 14.9. The summed E-state index contributed by atoms with van der Waals surface area (Å²) in [5, 5.41) is 23.2. The average molecular weight is 778 g/mol. The first-order chi connectivity index (χ1) is 26.9. The van der Waals surface area contributed by atoms with Gasteiger partial charge in [0.25, 0.3) is 8.32 Å². The van der Waals surface area contributed by atoms with E-state index in [-0.39, 0.29) is 47.5 Å². The van der Waals surface area contributed by atoms with Gasteiger partial charge in [-0.1, -0.05) is 132 Å². The second kappa shape index (κ2) is 17.0. The molecular formula is C46H57BFNO6Si. The maximum Gasteiger partial charge on any atom is 0.455 e. The molecule has 3 aromatic carbocycles. The predicted molar refractivity (Wildman–Crippen MR) is 222 cm³/mol. The highest BCUT2D eigenvalue weighted by Crippen LogP contribution is 2.52. The number of imide groups is 1. The van der Waals surface area contributed by atoms with E-state index in [1.165, 1.54) is 12.1 Å². The fourth-order valence-electron chi connectivity index (χ4n) is 10.3. The lowest BCUT2D eigenvalue weighted by atomic mass is 9.58. The topological polar surface area (TPSA) is 96.3 Å². The molecule has 0 bridgehead atoms. The van der Waals surface area contributed by atoms with E-state index in [4.69, 9.17) is 9.08 Å². The normalized spacial score (nSPS) is 23.8. The number of carbonyl (C=O) groups is 2. The van der Waals surface area contributed by atoms with E-state index in [9.17, 15) is 24.1 Å². The molecule has 56 heavy (non-hydrogen) atoms. The minimum atomic E-state index is -2.97. The summed E-state index contributed by atoms with van der Waals surface area (Å²) in [4.78, 5) is 30.6. The molecule has 2 heterocycles. The smallest absolute Gasteiger partial charge is 0.455 e. The predicted octanol–water partition coefficient (Wildman–Crippen LogP) is 8.20. The van der Waals surface area contributed by atoms with Crippen LogP contribution in [0.2, 0.25) is 11.4 Å². The quantitative estimate of drug-likeness (QED) is 0.109. The van der Waals surface area contributed by atoms with Crippen molar-refractivity contribution in [2.75, 3.05) is 6.61 Å². The number of fused-ring (bicyclic) bond motifs is 3. The zero-order valence-corrected chi connectivity index (χ0v) is 34.4. The molecule has 3 aromatic rings. The largest absolute Gasteiger partial charge is 0.505 e. The highest BCUT2D eigenvalue weighted by atomic mass is 28.4. The van der Waals surface area contributed by atoms with E-state index < -0.39 is 39.2 Å². The number of hydrogen-bond acceptors (Lipinski definition) is 6. The first kappa shape index (κ1) is 40.4. The van der Waals surface area contributed by atoms with Crippen molar-refractivity contribution in [3.8, 4) is 5.75 Å². The molecule has 10 heteroatoms. The van der Waals surface area contributed by atoms with Gasteiger partial charge in [-0.3, -0.25) is 14.5 Å². The third kappa shape index (κ3) is 7.87. The van der Waals surface area contributed by atoms with Gasteiger partial charge in [0.2, 0.25) is 11.8 Å². The molecule has 296 valence electrons. The van der Waals surface area contributed by atoms with E-state index in [2.05, 4.69) is 76.2 Å². The number of aromatic hydroxyl groups is 1. The van der Waals surface area contributed by atoms with Crippen molar-refractivity contribution < 1.29 is 33.2 Å². The molecule has 2 saturated heterocycles. The Morgan fingerprint density at radius 2 is 1.61 bits per heavy atom. The number of nitrogens with zero attached hydrogens (tertiary/aromatic N) is 1. The Morgan fingerprint density at radius 1 is 0.946 bits per heavy atom. The summed E-state index contributed by atoms with van der Waals surface area (Å²) in [7, 11) is -4.05. The molecule has 4 aliphatic rings. The Labute approximate surface area is 333 Å². The van der Waals surface area contributed by atoms with Crippen molar-refractivity contribution in [1.82, 2.24) is 4.90 Å². The maximum absolute atomic E-state index is 14.5. The van der Waals surface area contributed by atoms with Crippen LogP contribution in [0.3, 0.4) is 0 Å². The lowest BCUT2D eigenvalue weighted by Crippen LogP contribution is -2.66. The Morgan fingerprint density at radius 3 is 2.21 bits per heavy atom. The molecule has 0 radical (unpaired) electrons. The number of likely N-dealkylation sites (tertiary alicyclic amines) is 1. The Kier molecular flexibility index (Phi) is 12.2. The number of rotatable bonds is 12. The molecule has 0 unspecified atom stereocenters. The van der Waals surface area contributed by atoms with Crippen LogP contribution in [-0.4, -0.2) is 61.0 Å². The second-order valence-electron chi connectivity index (χ2n) is 17.4. The first-order valence-corrected chi connectivity index (χ1v) is 22.7. The van der Waals surface area contributed by atoms with Gasteiger partial charge in [0.05, 0.1) is 24.5 Å². The van der Waals surface area contributed by atoms with E-state index in [1.54, 1.807) is 11.0 Å². The second-order valence-corrected chi connectivity index (χ2v) is 21.7. The number of phenols is 1. The van der Waals surface area contributed by atoms with Gasteiger partial charge in [0.15, 0.2) is 11.6 Å². The van der Waals surface area contributed by atoms with Crippen LogP contribution in [0.15, 0.2) is 95.6 Å². The number of halogens is 1. The van der Waals surface area contributed by atoms with Gasteiger partial charge in [-0.05, 0) is 95.0 Å². The van der Waals surface area contributed by atoms with Crippen molar-refractivity contribution >= 4 is 43.7 Å². The molecule has 1 saturated carbocycles. The number of benzene rings is 3. The molecule has 2 amide bonds. The van der Waals surface area contributed by atoms with Crippen molar-refractivity contribution in [2.45, 2.75) is 115 Å². The summed E-state index contributed by atoms with van der Waals surface area (Å²) >= 11 is 0. The number of amides is 2. The maximum atomic E-state index is 14.5. The summed E-state index contributed by atoms with van der Waals surface area (Å²) in [5.74, 6) is -2.59. The van der Waals surface area contributed by atoms with Gasteiger partial charge in [0, 0.05) is 6.04 Å². The van der Waals surface area contributed by atoms with Crippen molar-refractivity contribution in [3.63, 3.8) is 0 Å². The molecule has 0 aromatic heterocycles. The van der Waals surface area contributed by atoms with Crippen LogP contribution in [0.25, 0.3) is 6.08 Å². The molecular weight excluding hydrogens is 720 g/mol. The van der Waals surface area contributed by atoms with Gasteiger partial charge in [-0.15, -0.1) is 0 Å². The Bertz CT molecular complexity index is 1900. The third-order valence-corrected chi connectivity index (χ3v) is 17.8. The van der Waals surface area contributed by atoms with Crippen molar-refractivity contribution in [3.05, 3.63) is 107 Å². The van der Waals surface area contributed by atoms with E-state index in [0.29, 0.717) is 24.8 Å². The van der Waals surface area contributed by atoms with Gasteiger partial charge in [0.1, 0.15) is 0 Å². The number of phenolic OH excluding ortho intramolecular Hbond substituents is 1. The van der Waals surface area contributed by atoms with Gasteiger partial charge < -0.3 is 19.2 Å². The van der Waals surface area contributed by atoms with Crippen LogP contribution in [-0.2, 0) is 18.7 Å². The summed E-state index contributed by atoms with van der Waals surface area (Å²) in [6, 6.07) is 25.4. The molecule has 4 atom stereocenters. The lowest BCUT2D eigenvalue weighted by molar-refractivity contribution is -0.143. The zero-order valence-electron chi connectivity index (χ0n) is 33.4. The van der Waals surface area contributed by atoms with Crippen LogP contribution >= 0.6 is 0 Å². The number of hydrogen-bond donors (Lipinski definition) is 2. The molecule has 7 nitrogen and oxygen atoms in total. The SMILES string of the molecule is CCC/C(=C\c1ccc(O)c(F)c1)CC[C@H]1OB(O)C[C@H]2C1=C(CO[Si](c1ccccc1)(c1ccccc1)C(C)(C)C)C[C@H]1C(=O)N(C3CCCCC3)C(=O)[C@H]12. The van der Waals surface area contributed by atoms with Crippen LogP contribution in [0.5, 0.6) is 5.75 Å². The third-order valence-electron chi connectivity index (χ3n) is 12.8. The molecule has 2 aliphatic carbocycles. The van der Waals surface area contributed by atoms with Crippen molar-refractivity contribution in [1.29, 1.82) is 0 Å². The molecule has 2 N–H and O–H groups in total. The van der Waals surface area contributed by atoms with Crippen LogP contribution in [0.1, 0.15) is 97.5 Å². The minimum Gasteiger partial charge on any atom is -0.505 e. The average Bonchev–Trinajstić information content (AvgIpc) is 3.44. The van der Waals surface area contributed by atoms with Crippen molar-refractivity contribution in [2.24, 2.45) is 17.8 Å².